The summed E-state index contributed by atoms with van der Waals surface area (Å²) in [5.74, 6) is -2.88. The van der Waals surface area contributed by atoms with Gasteiger partial charge in [0.1, 0.15) is 0 Å². The molecular formula is C5H3FO3. The fraction of sp³-hybridized carbons (Fsp3) is 0. The van der Waals surface area contributed by atoms with Gasteiger partial charge in [-0.15, -0.1) is 0 Å². The van der Waals surface area contributed by atoms with Crippen molar-refractivity contribution in [2.45, 2.75) is 0 Å². The molecule has 0 bridgehead atoms. The van der Waals surface area contributed by atoms with E-state index >= 15 is 0 Å². The van der Waals surface area contributed by atoms with Gasteiger partial charge in [0.2, 0.25) is 5.76 Å². The van der Waals surface area contributed by atoms with E-state index in [1.165, 1.54) is 0 Å². The average Bonchev–Trinajstić information content (AvgIpc) is 2.13. The molecule has 0 aliphatic heterocycles. The van der Waals surface area contributed by atoms with Crippen molar-refractivity contribution in [1.82, 2.24) is 0 Å². The Balaban J connectivity index is 3.08. The van der Waals surface area contributed by atoms with Gasteiger partial charge in [-0.2, -0.15) is 0 Å². The Morgan fingerprint density at radius 2 is 2.44 bits per heavy atom. The first-order chi connectivity index (χ1) is 4.22. The maximum absolute atomic E-state index is 12.1. The molecule has 0 aliphatic rings. The fourth-order valence-corrected chi connectivity index (χ4v) is 0.446. The molecule has 1 aromatic heterocycles. The Morgan fingerprint density at radius 3 is 2.67 bits per heavy atom. The zero-order valence-corrected chi connectivity index (χ0v) is 4.30. The van der Waals surface area contributed by atoms with Gasteiger partial charge in [-0.3, -0.25) is 0 Å². The van der Waals surface area contributed by atoms with Crippen molar-refractivity contribution in [3.8, 4) is 0 Å². The van der Waals surface area contributed by atoms with Crippen molar-refractivity contribution in [2.24, 2.45) is 0 Å². The lowest BCUT2D eigenvalue weighted by Gasteiger charge is -1.82. The predicted octanol–water partition coefficient (Wildman–Crippen LogP) is 1.12. The number of carboxylic acids is 1. The Hall–Kier alpha value is -1.32. The number of carbonyl (C=O) groups is 1. The zero-order chi connectivity index (χ0) is 6.85. The van der Waals surface area contributed by atoms with E-state index in [2.05, 4.69) is 4.42 Å². The van der Waals surface area contributed by atoms with E-state index in [0.717, 1.165) is 12.3 Å². The number of hydrogen-bond donors (Lipinski definition) is 1. The topological polar surface area (TPSA) is 50.4 Å². The summed E-state index contributed by atoms with van der Waals surface area (Å²) < 4.78 is 16.4. The molecule has 0 radical (unpaired) electrons. The minimum atomic E-state index is -1.39. The van der Waals surface area contributed by atoms with Gasteiger partial charge in [-0.1, -0.05) is 0 Å². The SMILES string of the molecule is O=C(O)c1occc1F. The Labute approximate surface area is 49.7 Å². The van der Waals surface area contributed by atoms with Crippen LogP contribution in [0.4, 0.5) is 4.39 Å². The van der Waals surface area contributed by atoms with E-state index < -0.39 is 17.5 Å². The van der Waals surface area contributed by atoms with E-state index in [1.54, 1.807) is 0 Å². The highest BCUT2D eigenvalue weighted by Crippen LogP contribution is 2.06. The summed E-state index contributed by atoms with van der Waals surface area (Å²) in [6, 6.07) is 0.948. The maximum Gasteiger partial charge on any atom is 0.374 e. The summed E-state index contributed by atoms with van der Waals surface area (Å²) in [5.41, 5.74) is 0. The molecule has 1 rings (SSSR count). The molecule has 0 saturated heterocycles. The predicted molar refractivity (Wildman–Crippen MR) is 25.6 cm³/mol. The Morgan fingerprint density at radius 1 is 1.78 bits per heavy atom. The maximum atomic E-state index is 12.1. The lowest BCUT2D eigenvalue weighted by molar-refractivity contribution is 0.0655. The minimum Gasteiger partial charge on any atom is -0.475 e. The molecular weight excluding hydrogens is 127 g/mol. The summed E-state index contributed by atoms with van der Waals surface area (Å²) in [6.07, 6.45) is 0.985. The molecule has 4 heteroatoms. The monoisotopic (exact) mass is 130 g/mol. The number of rotatable bonds is 1. The van der Waals surface area contributed by atoms with Gasteiger partial charge in [0.25, 0.3) is 0 Å². The van der Waals surface area contributed by atoms with Crippen molar-refractivity contribution in [3.05, 3.63) is 23.9 Å². The first kappa shape index (κ1) is 5.81. The number of furan rings is 1. The van der Waals surface area contributed by atoms with Crippen LogP contribution in [0.2, 0.25) is 0 Å². The molecule has 0 unspecified atom stereocenters. The fourth-order valence-electron chi connectivity index (χ4n) is 0.446. The summed E-state index contributed by atoms with van der Waals surface area (Å²) in [6.45, 7) is 0. The molecule has 1 N–H and O–H groups in total. The summed E-state index contributed by atoms with van der Waals surface area (Å²) in [7, 11) is 0. The highest BCUT2D eigenvalue weighted by molar-refractivity contribution is 5.84. The van der Waals surface area contributed by atoms with Crippen LogP contribution in [-0.2, 0) is 0 Å². The molecule has 0 amide bonds. The zero-order valence-electron chi connectivity index (χ0n) is 4.30. The first-order valence-electron chi connectivity index (χ1n) is 2.18. The third-order valence-electron chi connectivity index (χ3n) is 0.811. The number of carboxylic acid groups (broad SMARTS) is 1. The smallest absolute Gasteiger partial charge is 0.374 e. The van der Waals surface area contributed by atoms with Crippen molar-refractivity contribution in [2.75, 3.05) is 0 Å². The molecule has 48 valence electrons. The van der Waals surface area contributed by atoms with Crippen LogP contribution < -0.4 is 0 Å². The van der Waals surface area contributed by atoms with Crippen molar-refractivity contribution in [1.29, 1.82) is 0 Å². The van der Waals surface area contributed by atoms with Crippen LogP contribution in [0.25, 0.3) is 0 Å². The van der Waals surface area contributed by atoms with E-state index in [0.29, 0.717) is 0 Å². The quantitative estimate of drug-likeness (QED) is 0.619. The molecule has 0 fully saturated rings. The summed E-state index contributed by atoms with van der Waals surface area (Å²) >= 11 is 0. The van der Waals surface area contributed by atoms with Crippen LogP contribution in [0.15, 0.2) is 16.7 Å². The van der Waals surface area contributed by atoms with Crippen LogP contribution in [0.3, 0.4) is 0 Å². The molecule has 0 aliphatic carbocycles. The highest BCUT2D eigenvalue weighted by atomic mass is 19.1. The average molecular weight is 130 g/mol. The number of halogens is 1. The largest absolute Gasteiger partial charge is 0.475 e. The Kier molecular flexibility index (Phi) is 1.22. The van der Waals surface area contributed by atoms with Crippen molar-refractivity contribution in [3.63, 3.8) is 0 Å². The number of hydrogen-bond acceptors (Lipinski definition) is 2. The van der Waals surface area contributed by atoms with E-state index in [1.807, 2.05) is 0 Å². The van der Waals surface area contributed by atoms with Crippen LogP contribution in [0, 0.1) is 5.82 Å². The molecule has 9 heavy (non-hydrogen) atoms. The third-order valence-corrected chi connectivity index (χ3v) is 0.811. The van der Waals surface area contributed by atoms with Gasteiger partial charge >= 0.3 is 5.97 Å². The first-order valence-corrected chi connectivity index (χ1v) is 2.18. The molecule has 0 spiro atoms. The van der Waals surface area contributed by atoms with Gasteiger partial charge in [-0.25, -0.2) is 9.18 Å². The number of aromatic carboxylic acids is 1. The van der Waals surface area contributed by atoms with Gasteiger partial charge in [0, 0.05) is 6.07 Å². The van der Waals surface area contributed by atoms with E-state index in [9.17, 15) is 9.18 Å². The van der Waals surface area contributed by atoms with E-state index in [4.69, 9.17) is 5.11 Å². The third kappa shape index (κ3) is 0.910. The van der Waals surface area contributed by atoms with Gasteiger partial charge in [0.15, 0.2) is 5.82 Å². The minimum absolute atomic E-state index is 0.644. The Bertz CT molecular complexity index is 228. The van der Waals surface area contributed by atoms with E-state index in [-0.39, 0.29) is 0 Å². The highest BCUT2D eigenvalue weighted by Gasteiger charge is 2.12. The van der Waals surface area contributed by atoms with Gasteiger partial charge in [0.05, 0.1) is 6.26 Å². The molecule has 3 nitrogen and oxygen atoms in total. The molecule has 1 heterocycles. The van der Waals surface area contributed by atoms with Crippen molar-refractivity contribution >= 4 is 5.97 Å². The second kappa shape index (κ2) is 1.89. The second-order valence-corrected chi connectivity index (χ2v) is 1.40. The van der Waals surface area contributed by atoms with Gasteiger partial charge in [-0.05, 0) is 0 Å². The molecule has 0 saturated carbocycles. The molecule has 1 aromatic rings. The second-order valence-electron chi connectivity index (χ2n) is 1.40. The lowest BCUT2D eigenvalue weighted by atomic mass is 10.4. The summed E-state index contributed by atoms with van der Waals surface area (Å²) in [4.78, 5) is 9.95. The normalized spacial score (nSPS) is 9.44. The molecule has 0 aromatic carbocycles. The van der Waals surface area contributed by atoms with Gasteiger partial charge < -0.3 is 9.52 Å². The van der Waals surface area contributed by atoms with Crippen LogP contribution >= 0.6 is 0 Å². The van der Waals surface area contributed by atoms with Crippen LogP contribution in [0.5, 0.6) is 0 Å². The molecule has 0 atom stereocenters. The lowest BCUT2D eigenvalue weighted by Crippen LogP contribution is -1.95. The summed E-state index contributed by atoms with van der Waals surface area (Å²) in [5, 5.41) is 8.12. The van der Waals surface area contributed by atoms with Crippen LogP contribution in [-0.4, -0.2) is 11.1 Å². The van der Waals surface area contributed by atoms with Crippen molar-refractivity contribution < 1.29 is 18.7 Å². The standard InChI is InChI=1S/C5H3FO3/c6-3-1-2-9-4(3)5(7)8/h1-2H,(H,7,8). The van der Waals surface area contributed by atoms with Crippen LogP contribution in [0.1, 0.15) is 10.6 Å².